The van der Waals surface area contributed by atoms with Gasteiger partial charge in [-0.3, -0.25) is 0 Å². The summed E-state index contributed by atoms with van der Waals surface area (Å²) in [4.78, 5) is 10.3. The fraction of sp³-hybridized carbons (Fsp3) is 0.857. The maximum atomic E-state index is 10.3. The van der Waals surface area contributed by atoms with Gasteiger partial charge in [-0.05, 0) is 30.8 Å². The maximum Gasteiger partial charge on any atom is 0.123 e. The molecule has 0 amide bonds. The lowest BCUT2D eigenvalue weighted by molar-refractivity contribution is -0.111. The predicted octanol–water partition coefficient (Wildman–Crippen LogP) is 1.72. The molecule has 0 aromatic rings. The highest BCUT2D eigenvalue weighted by atomic mass is 32.2. The van der Waals surface area contributed by atoms with Crippen molar-refractivity contribution in [3.8, 4) is 0 Å². The molecule has 1 aliphatic heterocycles. The minimum absolute atomic E-state index is 0.375. The summed E-state index contributed by atoms with van der Waals surface area (Å²) in [6, 6.07) is 0. The first-order chi connectivity index (χ1) is 4.43. The van der Waals surface area contributed by atoms with E-state index in [4.69, 9.17) is 0 Å². The summed E-state index contributed by atoms with van der Waals surface area (Å²) in [5.74, 6) is 2.81. The average Bonchev–Trinajstić information content (AvgIpc) is 2.13. The molecule has 1 fully saturated rings. The van der Waals surface area contributed by atoms with Crippen LogP contribution >= 0.6 is 11.8 Å². The molecule has 0 radical (unpaired) electrons. The third-order valence-electron chi connectivity index (χ3n) is 1.69. The molecule has 52 valence electrons. The molecule has 2 heteroatoms. The Labute approximate surface area is 60.2 Å². The van der Waals surface area contributed by atoms with Crippen LogP contribution in [-0.4, -0.2) is 17.8 Å². The Morgan fingerprint density at radius 2 is 2.22 bits per heavy atom. The fourth-order valence-corrected chi connectivity index (χ4v) is 2.11. The zero-order valence-corrected chi connectivity index (χ0v) is 6.32. The van der Waals surface area contributed by atoms with Crippen molar-refractivity contribution in [3.63, 3.8) is 0 Å². The SMILES string of the molecule is O=CC1CCCSCC1. The molecule has 1 saturated heterocycles. The van der Waals surface area contributed by atoms with Crippen LogP contribution < -0.4 is 0 Å². The van der Waals surface area contributed by atoms with Gasteiger partial charge in [0.15, 0.2) is 0 Å². The van der Waals surface area contributed by atoms with E-state index in [-0.39, 0.29) is 0 Å². The minimum atomic E-state index is 0.375. The van der Waals surface area contributed by atoms with Crippen molar-refractivity contribution in [2.75, 3.05) is 11.5 Å². The Morgan fingerprint density at radius 1 is 1.33 bits per heavy atom. The largest absolute Gasteiger partial charge is 0.303 e. The lowest BCUT2D eigenvalue weighted by Crippen LogP contribution is -2.00. The van der Waals surface area contributed by atoms with Crippen LogP contribution in [0.1, 0.15) is 19.3 Å². The molecule has 1 unspecified atom stereocenters. The first kappa shape index (κ1) is 7.13. The van der Waals surface area contributed by atoms with Gasteiger partial charge in [-0.1, -0.05) is 0 Å². The Bertz CT molecular complexity index is 84.9. The third kappa shape index (κ3) is 2.39. The van der Waals surface area contributed by atoms with Crippen LogP contribution in [0.2, 0.25) is 0 Å². The monoisotopic (exact) mass is 144 g/mol. The zero-order valence-electron chi connectivity index (χ0n) is 5.51. The van der Waals surface area contributed by atoms with Crippen molar-refractivity contribution >= 4 is 18.0 Å². The number of carbonyl (C=O) groups is 1. The summed E-state index contributed by atoms with van der Waals surface area (Å²) in [6.07, 6.45) is 4.57. The maximum absolute atomic E-state index is 10.3. The first-order valence-corrected chi connectivity index (χ1v) is 4.62. The molecule has 0 aromatic heterocycles. The predicted molar refractivity (Wildman–Crippen MR) is 40.7 cm³/mol. The average molecular weight is 144 g/mol. The van der Waals surface area contributed by atoms with E-state index < -0.39 is 0 Å². The summed E-state index contributed by atoms with van der Waals surface area (Å²) in [7, 11) is 0. The molecule has 0 bridgehead atoms. The quantitative estimate of drug-likeness (QED) is 0.521. The van der Waals surface area contributed by atoms with E-state index >= 15 is 0 Å². The number of hydrogen-bond donors (Lipinski definition) is 0. The molecule has 0 aliphatic carbocycles. The minimum Gasteiger partial charge on any atom is -0.303 e. The van der Waals surface area contributed by atoms with E-state index in [0.717, 1.165) is 19.1 Å². The highest BCUT2D eigenvalue weighted by molar-refractivity contribution is 7.99. The van der Waals surface area contributed by atoms with E-state index in [9.17, 15) is 4.79 Å². The second-order valence-electron chi connectivity index (χ2n) is 2.44. The lowest BCUT2D eigenvalue weighted by Gasteiger charge is -2.00. The molecule has 0 saturated carbocycles. The Kier molecular flexibility index (Phi) is 3.12. The summed E-state index contributed by atoms with van der Waals surface area (Å²) in [6.45, 7) is 0. The molecular weight excluding hydrogens is 132 g/mol. The molecule has 0 aromatic carbocycles. The smallest absolute Gasteiger partial charge is 0.123 e. The van der Waals surface area contributed by atoms with Crippen LogP contribution in [-0.2, 0) is 4.79 Å². The highest BCUT2D eigenvalue weighted by Gasteiger charge is 2.09. The van der Waals surface area contributed by atoms with E-state index in [1.165, 1.54) is 17.9 Å². The molecule has 1 aliphatic rings. The van der Waals surface area contributed by atoms with Crippen molar-refractivity contribution in [2.45, 2.75) is 19.3 Å². The normalized spacial score (nSPS) is 29.1. The van der Waals surface area contributed by atoms with E-state index in [1.54, 1.807) is 0 Å². The summed E-state index contributed by atoms with van der Waals surface area (Å²) < 4.78 is 0. The molecule has 9 heavy (non-hydrogen) atoms. The van der Waals surface area contributed by atoms with E-state index in [2.05, 4.69) is 0 Å². The summed E-state index contributed by atoms with van der Waals surface area (Å²) in [5.41, 5.74) is 0. The van der Waals surface area contributed by atoms with Crippen molar-refractivity contribution in [1.29, 1.82) is 0 Å². The van der Waals surface area contributed by atoms with Gasteiger partial charge in [-0.15, -0.1) is 0 Å². The van der Waals surface area contributed by atoms with Gasteiger partial charge < -0.3 is 4.79 Å². The van der Waals surface area contributed by atoms with Crippen LogP contribution in [0.4, 0.5) is 0 Å². The van der Waals surface area contributed by atoms with Gasteiger partial charge in [-0.25, -0.2) is 0 Å². The van der Waals surface area contributed by atoms with Crippen molar-refractivity contribution in [2.24, 2.45) is 5.92 Å². The topological polar surface area (TPSA) is 17.1 Å². The molecule has 1 atom stereocenters. The van der Waals surface area contributed by atoms with Crippen molar-refractivity contribution in [1.82, 2.24) is 0 Å². The number of rotatable bonds is 1. The standard InChI is InChI=1S/C7H12OS/c8-6-7-2-1-4-9-5-3-7/h6-7H,1-5H2. The van der Waals surface area contributed by atoms with Gasteiger partial charge in [0.2, 0.25) is 0 Å². The fourth-order valence-electron chi connectivity index (χ4n) is 1.06. The van der Waals surface area contributed by atoms with Gasteiger partial charge >= 0.3 is 0 Å². The van der Waals surface area contributed by atoms with Crippen LogP contribution in [0, 0.1) is 5.92 Å². The zero-order chi connectivity index (χ0) is 6.53. The molecule has 0 spiro atoms. The van der Waals surface area contributed by atoms with Crippen molar-refractivity contribution in [3.05, 3.63) is 0 Å². The van der Waals surface area contributed by atoms with Crippen LogP contribution in [0.25, 0.3) is 0 Å². The Morgan fingerprint density at radius 3 is 3.00 bits per heavy atom. The van der Waals surface area contributed by atoms with Gasteiger partial charge in [0, 0.05) is 5.92 Å². The molecule has 1 rings (SSSR count). The van der Waals surface area contributed by atoms with Gasteiger partial charge in [0.1, 0.15) is 6.29 Å². The third-order valence-corrected chi connectivity index (χ3v) is 2.79. The second-order valence-corrected chi connectivity index (χ2v) is 3.66. The molecule has 1 nitrogen and oxygen atoms in total. The van der Waals surface area contributed by atoms with Crippen LogP contribution in [0.3, 0.4) is 0 Å². The van der Waals surface area contributed by atoms with Gasteiger partial charge in [0.05, 0.1) is 0 Å². The Hall–Kier alpha value is 0.0200. The van der Waals surface area contributed by atoms with E-state index in [0.29, 0.717) is 5.92 Å². The van der Waals surface area contributed by atoms with Crippen LogP contribution in [0.15, 0.2) is 0 Å². The molecule has 0 N–H and O–H groups in total. The number of hydrogen-bond acceptors (Lipinski definition) is 2. The number of carbonyl (C=O) groups excluding carboxylic acids is 1. The molecule has 1 heterocycles. The second kappa shape index (κ2) is 3.94. The number of thioether (sulfide) groups is 1. The van der Waals surface area contributed by atoms with Crippen LogP contribution in [0.5, 0.6) is 0 Å². The van der Waals surface area contributed by atoms with Crippen molar-refractivity contribution < 1.29 is 4.79 Å². The highest BCUT2D eigenvalue weighted by Crippen LogP contribution is 2.19. The lowest BCUT2D eigenvalue weighted by atomic mass is 10.0. The molecular formula is C7H12OS. The summed E-state index contributed by atoms with van der Waals surface area (Å²) in [5, 5.41) is 0. The van der Waals surface area contributed by atoms with E-state index in [1.807, 2.05) is 11.8 Å². The number of aldehydes is 1. The summed E-state index contributed by atoms with van der Waals surface area (Å²) >= 11 is 1.98. The van der Waals surface area contributed by atoms with Gasteiger partial charge in [0.25, 0.3) is 0 Å². The van der Waals surface area contributed by atoms with Gasteiger partial charge in [-0.2, -0.15) is 11.8 Å². The Balaban J connectivity index is 2.26. The first-order valence-electron chi connectivity index (χ1n) is 3.46.